The zero-order valence-electron chi connectivity index (χ0n) is 18.2. The summed E-state index contributed by atoms with van der Waals surface area (Å²) in [4.78, 5) is 25.6. The Labute approximate surface area is 188 Å². The van der Waals surface area contributed by atoms with E-state index in [0.717, 1.165) is 56.4 Å². The Morgan fingerprint density at radius 1 is 1.00 bits per heavy atom. The van der Waals surface area contributed by atoms with Crippen LogP contribution in [0.1, 0.15) is 36.8 Å². The number of piperidine rings is 2. The number of nitrogens with two attached hydrogens (primary N) is 2. The maximum absolute atomic E-state index is 13.1. The number of rotatable bonds is 5. The van der Waals surface area contributed by atoms with Crippen molar-refractivity contribution in [2.75, 3.05) is 37.6 Å². The number of carbonyl (C=O) groups excluding carboxylic acids is 1. The van der Waals surface area contributed by atoms with Crippen molar-refractivity contribution in [2.24, 2.45) is 17.0 Å². The molecule has 2 aromatic heterocycles. The average molecular weight is 438 g/mol. The first-order chi connectivity index (χ1) is 15.5. The highest BCUT2D eigenvalue weighted by molar-refractivity contribution is 6.01. The van der Waals surface area contributed by atoms with Gasteiger partial charge in [-0.1, -0.05) is 5.16 Å². The molecule has 2 saturated heterocycles. The van der Waals surface area contributed by atoms with Gasteiger partial charge in [0, 0.05) is 49.4 Å². The van der Waals surface area contributed by atoms with Crippen molar-refractivity contribution in [3.8, 4) is 0 Å². The van der Waals surface area contributed by atoms with Crippen molar-refractivity contribution in [3.63, 3.8) is 0 Å². The van der Waals surface area contributed by atoms with E-state index in [1.165, 1.54) is 0 Å². The van der Waals surface area contributed by atoms with E-state index in [1.807, 2.05) is 23.1 Å². The van der Waals surface area contributed by atoms with Crippen LogP contribution in [-0.2, 0) is 11.3 Å². The summed E-state index contributed by atoms with van der Waals surface area (Å²) in [5, 5.41) is 13.1. The van der Waals surface area contributed by atoms with Crippen LogP contribution in [0.25, 0.3) is 0 Å². The highest BCUT2D eigenvalue weighted by Gasteiger charge is 2.32. The molecule has 0 aliphatic carbocycles. The van der Waals surface area contributed by atoms with Gasteiger partial charge in [0.1, 0.15) is 11.6 Å². The molecule has 2 aliphatic rings. The summed E-state index contributed by atoms with van der Waals surface area (Å²) in [5.74, 6) is 1.41. The predicted molar refractivity (Wildman–Crippen MR) is 123 cm³/mol. The summed E-state index contributed by atoms with van der Waals surface area (Å²) in [6.07, 6.45) is 6.67. The van der Waals surface area contributed by atoms with E-state index in [9.17, 15) is 10.0 Å². The highest BCUT2D eigenvalue weighted by Crippen LogP contribution is 2.27. The van der Waals surface area contributed by atoms with E-state index >= 15 is 0 Å². The Kier molecular flexibility index (Phi) is 6.84. The topological polar surface area (TPSA) is 134 Å². The van der Waals surface area contributed by atoms with Crippen molar-refractivity contribution in [1.82, 2.24) is 19.8 Å². The van der Waals surface area contributed by atoms with Gasteiger partial charge in [0.2, 0.25) is 5.91 Å². The summed E-state index contributed by atoms with van der Waals surface area (Å²) < 4.78 is 0. The molecule has 0 radical (unpaired) electrons. The molecule has 0 bridgehead atoms. The van der Waals surface area contributed by atoms with Crippen LogP contribution in [0.2, 0.25) is 0 Å². The number of nitrogen functional groups attached to an aromatic ring is 2. The largest absolute Gasteiger partial charge is 0.411 e. The highest BCUT2D eigenvalue weighted by atomic mass is 16.4. The molecule has 0 unspecified atom stereocenters. The van der Waals surface area contributed by atoms with Gasteiger partial charge in [0.25, 0.3) is 0 Å². The molecule has 1 amide bonds. The molecular weight excluding hydrogens is 406 g/mol. The molecule has 0 saturated carbocycles. The maximum Gasteiger partial charge on any atom is 0.225 e. The summed E-state index contributed by atoms with van der Waals surface area (Å²) in [6, 6.07) is 7.42. The quantitative estimate of drug-likeness (QED) is 0.370. The summed E-state index contributed by atoms with van der Waals surface area (Å²) in [5.41, 5.74) is 14.0. The van der Waals surface area contributed by atoms with Gasteiger partial charge in [-0.2, -0.15) is 0 Å². The molecule has 5 N–H and O–H groups in total. The SMILES string of the molecule is Nc1ccc(/C(=N/O)C2CCN(C(=O)C3CCN(Cc4ccnc(N)c4)CC3)CC2)cn1. The Balaban J connectivity index is 1.26. The van der Waals surface area contributed by atoms with Crippen LogP contribution in [0.5, 0.6) is 0 Å². The lowest BCUT2D eigenvalue weighted by Crippen LogP contribution is -2.46. The Morgan fingerprint density at radius 3 is 2.34 bits per heavy atom. The molecule has 0 atom stereocenters. The van der Waals surface area contributed by atoms with Gasteiger partial charge < -0.3 is 21.6 Å². The molecule has 0 aromatic carbocycles. The molecule has 4 heterocycles. The minimum absolute atomic E-state index is 0.0811. The number of hydrogen-bond donors (Lipinski definition) is 3. The molecule has 2 aromatic rings. The fraction of sp³-hybridized carbons (Fsp3) is 0.478. The van der Waals surface area contributed by atoms with E-state index < -0.39 is 0 Å². The second-order valence-electron chi connectivity index (χ2n) is 8.70. The number of pyridine rings is 2. The number of aromatic nitrogens is 2. The molecule has 170 valence electrons. The Morgan fingerprint density at radius 2 is 1.72 bits per heavy atom. The molecule has 4 rings (SSSR count). The van der Waals surface area contributed by atoms with E-state index in [1.54, 1.807) is 18.5 Å². The first kappa shape index (κ1) is 22.0. The molecule has 2 fully saturated rings. The third-order valence-corrected chi connectivity index (χ3v) is 6.57. The van der Waals surface area contributed by atoms with E-state index in [-0.39, 0.29) is 17.7 Å². The van der Waals surface area contributed by atoms with E-state index in [0.29, 0.717) is 30.4 Å². The average Bonchev–Trinajstić information content (AvgIpc) is 2.81. The Hall–Kier alpha value is -3.20. The lowest BCUT2D eigenvalue weighted by atomic mass is 9.87. The molecule has 2 aliphatic heterocycles. The first-order valence-electron chi connectivity index (χ1n) is 11.2. The number of amides is 1. The van der Waals surface area contributed by atoms with E-state index in [4.69, 9.17) is 11.5 Å². The number of nitrogens with zero attached hydrogens (tertiary/aromatic N) is 5. The lowest BCUT2D eigenvalue weighted by molar-refractivity contribution is -0.138. The fourth-order valence-corrected chi connectivity index (χ4v) is 4.75. The smallest absolute Gasteiger partial charge is 0.225 e. The monoisotopic (exact) mass is 437 g/mol. The van der Waals surface area contributed by atoms with Crippen molar-refractivity contribution in [2.45, 2.75) is 32.2 Å². The van der Waals surface area contributed by atoms with Crippen LogP contribution in [0, 0.1) is 11.8 Å². The van der Waals surface area contributed by atoms with Gasteiger partial charge in [-0.05, 0) is 68.6 Å². The van der Waals surface area contributed by atoms with Gasteiger partial charge in [-0.3, -0.25) is 9.69 Å². The van der Waals surface area contributed by atoms with Crippen molar-refractivity contribution < 1.29 is 10.0 Å². The van der Waals surface area contributed by atoms with Crippen LogP contribution in [0.15, 0.2) is 41.8 Å². The zero-order valence-corrected chi connectivity index (χ0v) is 18.2. The first-order valence-corrected chi connectivity index (χ1v) is 11.2. The van der Waals surface area contributed by atoms with Gasteiger partial charge in [0.15, 0.2) is 0 Å². The summed E-state index contributed by atoms with van der Waals surface area (Å²) in [7, 11) is 0. The lowest BCUT2D eigenvalue weighted by Gasteiger charge is -2.37. The van der Waals surface area contributed by atoms with Gasteiger partial charge >= 0.3 is 0 Å². The van der Waals surface area contributed by atoms with Crippen molar-refractivity contribution in [3.05, 3.63) is 47.8 Å². The predicted octanol–water partition coefficient (Wildman–Crippen LogP) is 1.97. The number of likely N-dealkylation sites (tertiary alicyclic amines) is 2. The Bertz CT molecular complexity index is 947. The maximum atomic E-state index is 13.1. The zero-order chi connectivity index (χ0) is 22.5. The molecule has 9 nitrogen and oxygen atoms in total. The molecule has 32 heavy (non-hydrogen) atoms. The minimum Gasteiger partial charge on any atom is -0.411 e. The fourth-order valence-electron chi connectivity index (χ4n) is 4.75. The molecule has 0 spiro atoms. The van der Waals surface area contributed by atoms with Crippen LogP contribution in [0.4, 0.5) is 11.6 Å². The number of oxime groups is 1. The standard InChI is InChI=1S/C23H31N7O2/c24-20-2-1-19(14-27-20)22(28-32)17-6-11-30(12-7-17)23(31)18-4-9-29(10-5-18)15-16-3-8-26-21(25)13-16/h1-3,8,13-14,17-18,32H,4-7,9-12,15H2,(H2,24,27)(H2,25,26)/b28-22+. The van der Waals surface area contributed by atoms with Crippen LogP contribution < -0.4 is 11.5 Å². The van der Waals surface area contributed by atoms with Crippen molar-refractivity contribution in [1.29, 1.82) is 0 Å². The van der Waals surface area contributed by atoms with Crippen LogP contribution in [0.3, 0.4) is 0 Å². The summed E-state index contributed by atoms with van der Waals surface area (Å²) in [6.45, 7) is 4.01. The van der Waals surface area contributed by atoms with Crippen LogP contribution in [-0.4, -0.2) is 62.8 Å². The second kappa shape index (κ2) is 9.95. The van der Waals surface area contributed by atoms with E-state index in [2.05, 4.69) is 20.0 Å². The second-order valence-corrected chi connectivity index (χ2v) is 8.70. The third-order valence-electron chi connectivity index (χ3n) is 6.57. The number of anilines is 2. The third kappa shape index (κ3) is 5.16. The van der Waals surface area contributed by atoms with Gasteiger partial charge in [-0.15, -0.1) is 0 Å². The minimum atomic E-state index is 0.0811. The number of carbonyl (C=O) groups is 1. The summed E-state index contributed by atoms with van der Waals surface area (Å²) >= 11 is 0. The van der Waals surface area contributed by atoms with Gasteiger partial charge in [-0.25, -0.2) is 9.97 Å². The van der Waals surface area contributed by atoms with Crippen LogP contribution >= 0.6 is 0 Å². The van der Waals surface area contributed by atoms with Crippen molar-refractivity contribution >= 4 is 23.3 Å². The van der Waals surface area contributed by atoms with Gasteiger partial charge in [0.05, 0.1) is 5.71 Å². The normalized spacial score (nSPS) is 19.2. The molecular formula is C23H31N7O2. The number of hydrogen-bond acceptors (Lipinski definition) is 8. The molecule has 9 heteroatoms.